The second-order valence-corrected chi connectivity index (χ2v) is 10.1. The van der Waals surface area contributed by atoms with Crippen molar-refractivity contribution in [2.24, 2.45) is 11.8 Å². The highest BCUT2D eigenvalue weighted by Crippen LogP contribution is 2.60. The van der Waals surface area contributed by atoms with Crippen LogP contribution in [0.1, 0.15) is 34.2 Å². The lowest BCUT2D eigenvalue weighted by Crippen LogP contribution is -2.42. The lowest BCUT2D eigenvalue weighted by Gasteiger charge is -2.49. The first-order valence-corrected chi connectivity index (χ1v) is 12.4. The molecule has 5 heteroatoms. The summed E-state index contributed by atoms with van der Waals surface area (Å²) in [5, 5.41) is 1.93. The third-order valence-electron chi connectivity index (χ3n) is 7.61. The van der Waals surface area contributed by atoms with Crippen molar-refractivity contribution in [3.8, 4) is 0 Å². The van der Waals surface area contributed by atoms with Gasteiger partial charge in [-0.15, -0.1) is 11.3 Å². The number of hydrogen-bond acceptors (Lipinski definition) is 4. The molecule has 2 fully saturated rings. The standard InChI is InChI=1S/C27H27N3OS/c1-18-21(26(31)30-14-15-32-27(30)28-18)12-13-29-16-22-23(17-29)25(20-10-6-3-7-11-20)24(22)19-8-4-2-5-9-19/h2-11,14-15,22-25H,12-13,16-17H2,1H3. The van der Waals surface area contributed by atoms with Gasteiger partial charge in [-0.1, -0.05) is 60.7 Å². The zero-order valence-corrected chi connectivity index (χ0v) is 19.0. The Labute approximate surface area is 192 Å². The Morgan fingerprint density at radius 1 is 0.938 bits per heavy atom. The Bertz CT molecular complexity index is 1240. The molecular weight excluding hydrogens is 414 g/mol. The van der Waals surface area contributed by atoms with Gasteiger partial charge in [0.15, 0.2) is 4.96 Å². The highest BCUT2D eigenvalue weighted by atomic mass is 32.1. The molecule has 6 rings (SSSR count). The summed E-state index contributed by atoms with van der Waals surface area (Å²) in [6, 6.07) is 22.1. The Hall–Kier alpha value is -2.76. The molecule has 0 bridgehead atoms. The fraction of sp³-hybridized carbons (Fsp3) is 0.333. The number of aryl methyl sites for hydroxylation is 1. The van der Waals surface area contributed by atoms with Gasteiger partial charge in [0.05, 0.1) is 0 Å². The molecule has 2 aliphatic rings. The molecule has 2 aromatic heterocycles. The van der Waals surface area contributed by atoms with Crippen molar-refractivity contribution in [3.63, 3.8) is 0 Å². The summed E-state index contributed by atoms with van der Waals surface area (Å²) in [5.41, 5.74) is 4.76. The van der Waals surface area contributed by atoms with Gasteiger partial charge in [-0.2, -0.15) is 0 Å². The van der Waals surface area contributed by atoms with E-state index in [1.807, 2.05) is 18.5 Å². The maximum Gasteiger partial charge on any atom is 0.261 e. The van der Waals surface area contributed by atoms with Crippen LogP contribution in [-0.2, 0) is 6.42 Å². The molecule has 4 nitrogen and oxygen atoms in total. The molecule has 4 aromatic rings. The first-order valence-electron chi connectivity index (χ1n) is 11.5. The van der Waals surface area contributed by atoms with Crippen molar-refractivity contribution in [1.82, 2.24) is 14.3 Å². The molecule has 32 heavy (non-hydrogen) atoms. The SMILES string of the molecule is Cc1nc2sccn2c(=O)c1CCN1CC2C(C1)C(c1ccccc1)C2c1ccccc1. The van der Waals surface area contributed by atoms with Crippen LogP contribution in [0.3, 0.4) is 0 Å². The second-order valence-electron chi connectivity index (χ2n) is 9.25. The number of likely N-dealkylation sites (tertiary alicyclic amines) is 1. The smallest absolute Gasteiger partial charge is 0.261 e. The van der Waals surface area contributed by atoms with Crippen LogP contribution >= 0.6 is 11.3 Å². The molecule has 0 spiro atoms. The monoisotopic (exact) mass is 441 g/mol. The van der Waals surface area contributed by atoms with Crippen molar-refractivity contribution in [2.75, 3.05) is 19.6 Å². The van der Waals surface area contributed by atoms with Crippen LogP contribution in [0.5, 0.6) is 0 Å². The maximum atomic E-state index is 12.9. The number of rotatable bonds is 5. The Morgan fingerprint density at radius 3 is 2.12 bits per heavy atom. The Morgan fingerprint density at radius 2 is 1.53 bits per heavy atom. The molecule has 2 aromatic carbocycles. The maximum absolute atomic E-state index is 12.9. The Balaban J connectivity index is 1.23. The molecule has 4 unspecified atom stereocenters. The quantitative estimate of drug-likeness (QED) is 0.449. The second kappa shape index (κ2) is 7.98. The first-order chi connectivity index (χ1) is 15.7. The zero-order valence-electron chi connectivity index (χ0n) is 18.2. The third kappa shape index (κ3) is 3.23. The van der Waals surface area contributed by atoms with Crippen molar-refractivity contribution in [2.45, 2.75) is 25.2 Å². The van der Waals surface area contributed by atoms with E-state index in [9.17, 15) is 4.79 Å². The number of benzene rings is 2. The fourth-order valence-electron chi connectivity index (χ4n) is 6.11. The molecular formula is C27H27N3OS. The molecule has 1 saturated heterocycles. The average Bonchev–Trinajstić information content (AvgIpc) is 3.41. The van der Waals surface area contributed by atoms with Gasteiger partial charge < -0.3 is 4.90 Å². The summed E-state index contributed by atoms with van der Waals surface area (Å²) in [7, 11) is 0. The number of thiazole rings is 1. The fourth-order valence-corrected chi connectivity index (χ4v) is 6.86. The van der Waals surface area contributed by atoms with Gasteiger partial charge in [0.1, 0.15) is 0 Å². The van der Waals surface area contributed by atoms with Crippen LogP contribution in [0.2, 0.25) is 0 Å². The van der Waals surface area contributed by atoms with Crippen molar-refractivity contribution < 1.29 is 0 Å². The highest BCUT2D eigenvalue weighted by molar-refractivity contribution is 7.15. The van der Waals surface area contributed by atoms with Crippen molar-refractivity contribution in [3.05, 3.63) is 105 Å². The van der Waals surface area contributed by atoms with Crippen LogP contribution in [0.4, 0.5) is 0 Å². The van der Waals surface area contributed by atoms with Gasteiger partial charge in [0, 0.05) is 42.5 Å². The molecule has 0 N–H and O–H groups in total. The van der Waals surface area contributed by atoms with E-state index in [-0.39, 0.29) is 5.56 Å². The highest BCUT2D eigenvalue weighted by Gasteiger charge is 2.55. The van der Waals surface area contributed by atoms with E-state index in [1.54, 1.807) is 4.40 Å². The minimum atomic E-state index is 0.0974. The predicted octanol–water partition coefficient (Wildman–Crippen LogP) is 4.74. The average molecular weight is 442 g/mol. The summed E-state index contributed by atoms with van der Waals surface area (Å²) < 4.78 is 1.69. The van der Waals surface area contributed by atoms with Crippen LogP contribution < -0.4 is 5.56 Å². The van der Waals surface area contributed by atoms with Gasteiger partial charge >= 0.3 is 0 Å². The molecule has 3 heterocycles. The molecule has 4 atom stereocenters. The summed E-state index contributed by atoms with van der Waals surface area (Å²) >= 11 is 1.51. The third-order valence-corrected chi connectivity index (χ3v) is 8.37. The van der Waals surface area contributed by atoms with E-state index >= 15 is 0 Å². The summed E-state index contributed by atoms with van der Waals surface area (Å²) in [6.07, 6.45) is 2.60. The van der Waals surface area contributed by atoms with Crippen LogP contribution in [0.15, 0.2) is 77.0 Å². The Kier molecular flexibility index (Phi) is 4.96. The summed E-state index contributed by atoms with van der Waals surface area (Å²) in [4.78, 5) is 21.0. The molecule has 1 aliphatic carbocycles. The minimum absolute atomic E-state index is 0.0974. The van der Waals surface area contributed by atoms with E-state index in [4.69, 9.17) is 0 Å². The van der Waals surface area contributed by atoms with E-state index in [1.165, 1.54) is 22.5 Å². The molecule has 162 valence electrons. The van der Waals surface area contributed by atoms with Crippen LogP contribution in [-0.4, -0.2) is 33.9 Å². The number of fused-ring (bicyclic) bond motifs is 2. The van der Waals surface area contributed by atoms with Gasteiger partial charge in [-0.25, -0.2) is 4.98 Å². The molecule has 1 saturated carbocycles. The number of aromatic nitrogens is 2. The molecule has 0 amide bonds. The lowest BCUT2D eigenvalue weighted by molar-refractivity contribution is 0.142. The van der Waals surface area contributed by atoms with Crippen LogP contribution in [0, 0.1) is 18.8 Å². The number of hydrogen-bond donors (Lipinski definition) is 0. The van der Waals surface area contributed by atoms with Crippen molar-refractivity contribution >= 4 is 16.3 Å². The first kappa shape index (κ1) is 19.9. The van der Waals surface area contributed by atoms with Gasteiger partial charge in [-0.05, 0) is 48.1 Å². The minimum Gasteiger partial charge on any atom is -0.302 e. The van der Waals surface area contributed by atoms with Crippen molar-refractivity contribution in [1.29, 1.82) is 0 Å². The van der Waals surface area contributed by atoms with Gasteiger partial charge in [-0.3, -0.25) is 9.20 Å². The zero-order chi connectivity index (χ0) is 21.7. The van der Waals surface area contributed by atoms with Gasteiger partial charge in [0.2, 0.25) is 0 Å². The lowest BCUT2D eigenvalue weighted by atomic mass is 9.54. The van der Waals surface area contributed by atoms with Crippen LogP contribution in [0.25, 0.3) is 4.96 Å². The van der Waals surface area contributed by atoms with E-state index < -0.39 is 0 Å². The summed E-state index contributed by atoms with van der Waals surface area (Å²) in [6.45, 7) is 5.12. The normalized spacial score (nSPS) is 25.0. The predicted molar refractivity (Wildman–Crippen MR) is 130 cm³/mol. The molecule has 1 aliphatic heterocycles. The van der Waals surface area contributed by atoms with E-state index in [2.05, 4.69) is 70.5 Å². The largest absolute Gasteiger partial charge is 0.302 e. The number of nitrogens with zero attached hydrogens (tertiary/aromatic N) is 3. The molecule has 0 radical (unpaired) electrons. The summed E-state index contributed by atoms with van der Waals surface area (Å²) in [5.74, 6) is 2.51. The topological polar surface area (TPSA) is 37.6 Å². The van der Waals surface area contributed by atoms with Gasteiger partial charge in [0.25, 0.3) is 5.56 Å². The van der Waals surface area contributed by atoms with E-state index in [0.29, 0.717) is 23.7 Å². The van der Waals surface area contributed by atoms with E-state index in [0.717, 1.165) is 42.3 Å².